The van der Waals surface area contributed by atoms with Crippen LogP contribution in [-0.2, 0) is 0 Å². The Labute approximate surface area is 64.3 Å². The van der Waals surface area contributed by atoms with Crippen molar-refractivity contribution in [3.05, 3.63) is 0 Å². The molecular formula is C9H19N. The molecule has 0 aromatic rings. The molecule has 0 radical (unpaired) electrons. The third kappa shape index (κ3) is 2.51. The van der Waals surface area contributed by atoms with Gasteiger partial charge in [-0.15, -0.1) is 0 Å². The molecule has 0 bridgehead atoms. The van der Waals surface area contributed by atoms with Crippen LogP contribution in [0.5, 0.6) is 0 Å². The fourth-order valence-electron chi connectivity index (χ4n) is 1.38. The highest BCUT2D eigenvalue weighted by molar-refractivity contribution is 5.83. The predicted molar refractivity (Wildman–Crippen MR) is 46.6 cm³/mol. The van der Waals surface area contributed by atoms with Crippen LogP contribution >= 0.6 is 0 Å². The van der Waals surface area contributed by atoms with Gasteiger partial charge in [0.05, 0.1) is 0 Å². The maximum Gasteiger partial charge on any atom is 0.0120 e. The lowest BCUT2D eigenvalue weighted by atomic mass is 9.88. The molecule has 1 N–H and O–H groups in total. The van der Waals surface area contributed by atoms with Gasteiger partial charge in [-0.05, 0) is 24.7 Å². The highest BCUT2D eigenvalue weighted by Crippen LogP contribution is 2.17. The van der Waals surface area contributed by atoms with Crippen LogP contribution in [0.3, 0.4) is 0 Å². The minimum Gasteiger partial charge on any atom is -0.309 e. The summed E-state index contributed by atoms with van der Waals surface area (Å²) in [6.45, 7) is 8.61. The first-order valence-corrected chi connectivity index (χ1v) is 4.20. The molecule has 0 fully saturated rings. The summed E-state index contributed by atoms with van der Waals surface area (Å²) in [6.07, 6.45) is 2.03. The van der Waals surface area contributed by atoms with E-state index in [0.717, 1.165) is 18.6 Å². The molecule has 0 aromatic heterocycles. The highest BCUT2D eigenvalue weighted by atomic mass is 14.4. The molecular weight excluding hydrogens is 122 g/mol. The van der Waals surface area contributed by atoms with E-state index < -0.39 is 0 Å². The zero-order chi connectivity index (χ0) is 8.15. The van der Waals surface area contributed by atoms with Crippen molar-refractivity contribution >= 4 is 5.71 Å². The summed E-state index contributed by atoms with van der Waals surface area (Å²) in [5, 5.41) is 7.63. The first-order valence-electron chi connectivity index (χ1n) is 4.20. The molecule has 60 valence electrons. The third-order valence-electron chi connectivity index (χ3n) is 2.07. The quantitative estimate of drug-likeness (QED) is 0.582. The summed E-state index contributed by atoms with van der Waals surface area (Å²) < 4.78 is 0. The van der Waals surface area contributed by atoms with Gasteiger partial charge in [0.25, 0.3) is 0 Å². The second kappa shape index (κ2) is 4.48. The van der Waals surface area contributed by atoms with E-state index in [-0.39, 0.29) is 0 Å². The van der Waals surface area contributed by atoms with Gasteiger partial charge >= 0.3 is 0 Å². The highest BCUT2D eigenvalue weighted by Gasteiger charge is 2.14. The summed E-state index contributed by atoms with van der Waals surface area (Å²) in [6, 6.07) is 0. The first-order chi connectivity index (χ1) is 4.63. The fraction of sp³-hybridized carbons (Fsp3) is 0.889. The molecule has 0 aliphatic carbocycles. The summed E-state index contributed by atoms with van der Waals surface area (Å²) in [5.41, 5.74) is 0.914. The van der Waals surface area contributed by atoms with Gasteiger partial charge in [-0.1, -0.05) is 27.7 Å². The normalized spacial score (nSPS) is 13.7. The van der Waals surface area contributed by atoms with Crippen LogP contribution in [0.2, 0.25) is 0 Å². The largest absolute Gasteiger partial charge is 0.309 e. The fourth-order valence-corrected chi connectivity index (χ4v) is 1.38. The van der Waals surface area contributed by atoms with Crippen molar-refractivity contribution in [1.82, 2.24) is 0 Å². The van der Waals surface area contributed by atoms with Gasteiger partial charge in [0, 0.05) is 5.71 Å². The van der Waals surface area contributed by atoms with Crippen molar-refractivity contribution in [2.45, 2.75) is 40.5 Å². The molecule has 0 amide bonds. The van der Waals surface area contributed by atoms with Crippen molar-refractivity contribution in [2.75, 3.05) is 0 Å². The van der Waals surface area contributed by atoms with Gasteiger partial charge in [-0.2, -0.15) is 0 Å². The number of hydrogen-bond donors (Lipinski definition) is 1. The standard InChI is InChI=1S/C9H19N/c1-5-8(7(3)4)9(10)6-2/h7-8,10H,5-6H2,1-4H3. The Morgan fingerprint density at radius 1 is 1.30 bits per heavy atom. The van der Waals surface area contributed by atoms with Crippen LogP contribution < -0.4 is 0 Å². The Morgan fingerprint density at radius 2 is 1.80 bits per heavy atom. The lowest BCUT2D eigenvalue weighted by Gasteiger charge is -2.18. The minimum atomic E-state index is 0.519. The Balaban J connectivity index is 3.93. The van der Waals surface area contributed by atoms with E-state index in [1.807, 2.05) is 0 Å². The maximum absolute atomic E-state index is 7.63. The third-order valence-corrected chi connectivity index (χ3v) is 2.07. The monoisotopic (exact) mass is 141 g/mol. The van der Waals surface area contributed by atoms with Crippen LogP contribution in [0.25, 0.3) is 0 Å². The zero-order valence-corrected chi connectivity index (χ0v) is 7.57. The maximum atomic E-state index is 7.63. The molecule has 0 saturated carbocycles. The van der Waals surface area contributed by atoms with Gasteiger partial charge in [0.15, 0.2) is 0 Å². The zero-order valence-electron chi connectivity index (χ0n) is 7.57. The Morgan fingerprint density at radius 3 is 1.90 bits per heavy atom. The number of hydrogen-bond acceptors (Lipinski definition) is 1. The second-order valence-electron chi connectivity index (χ2n) is 3.14. The molecule has 0 spiro atoms. The van der Waals surface area contributed by atoms with Gasteiger partial charge < -0.3 is 5.41 Å². The molecule has 0 saturated heterocycles. The van der Waals surface area contributed by atoms with Gasteiger partial charge in [0.2, 0.25) is 0 Å². The molecule has 10 heavy (non-hydrogen) atoms. The molecule has 1 nitrogen and oxygen atoms in total. The summed E-state index contributed by atoms with van der Waals surface area (Å²) in [7, 11) is 0. The van der Waals surface area contributed by atoms with E-state index in [2.05, 4.69) is 27.7 Å². The van der Waals surface area contributed by atoms with E-state index in [1.165, 1.54) is 0 Å². The first kappa shape index (κ1) is 9.67. The summed E-state index contributed by atoms with van der Waals surface area (Å²) in [5.74, 6) is 1.16. The second-order valence-corrected chi connectivity index (χ2v) is 3.14. The van der Waals surface area contributed by atoms with E-state index in [4.69, 9.17) is 5.41 Å². The van der Waals surface area contributed by atoms with Gasteiger partial charge in [-0.25, -0.2) is 0 Å². The van der Waals surface area contributed by atoms with Crippen LogP contribution in [0.15, 0.2) is 0 Å². The van der Waals surface area contributed by atoms with E-state index in [1.54, 1.807) is 0 Å². The van der Waals surface area contributed by atoms with E-state index >= 15 is 0 Å². The molecule has 0 aromatic carbocycles. The van der Waals surface area contributed by atoms with Crippen LogP contribution in [0.1, 0.15) is 40.5 Å². The topological polar surface area (TPSA) is 23.9 Å². The van der Waals surface area contributed by atoms with Crippen LogP contribution in [0.4, 0.5) is 0 Å². The lowest BCUT2D eigenvalue weighted by Crippen LogP contribution is -2.17. The Bertz CT molecular complexity index is 105. The summed E-state index contributed by atoms with van der Waals surface area (Å²) in [4.78, 5) is 0. The van der Waals surface area contributed by atoms with Crippen molar-refractivity contribution in [1.29, 1.82) is 5.41 Å². The Hall–Kier alpha value is -0.330. The van der Waals surface area contributed by atoms with E-state index in [0.29, 0.717) is 11.8 Å². The molecule has 0 aliphatic heterocycles. The molecule has 0 rings (SSSR count). The minimum absolute atomic E-state index is 0.519. The molecule has 0 heterocycles. The van der Waals surface area contributed by atoms with Crippen molar-refractivity contribution < 1.29 is 0 Å². The average Bonchev–Trinajstić information content (AvgIpc) is 1.88. The van der Waals surface area contributed by atoms with Crippen molar-refractivity contribution in [2.24, 2.45) is 11.8 Å². The number of rotatable bonds is 4. The average molecular weight is 141 g/mol. The summed E-state index contributed by atoms with van der Waals surface area (Å²) >= 11 is 0. The predicted octanol–water partition coefficient (Wildman–Crippen LogP) is 3.10. The van der Waals surface area contributed by atoms with Crippen LogP contribution in [0, 0.1) is 17.2 Å². The molecule has 1 unspecified atom stereocenters. The van der Waals surface area contributed by atoms with Crippen molar-refractivity contribution in [3.63, 3.8) is 0 Å². The molecule has 1 heteroatoms. The van der Waals surface area contributed by atoms with Crippen LogP contribution in [-0.4, -0.2) is 5.71 Å². The number of nitrogens with one attached hydrogen (secondary N) is 1. The van der Waals surface area contributed by atoms with Gasteiger partial charge in [0.1, 0.15) is 0 Å². The molecule has 1 atom stereocenters. The van der Waals surface area contributed by atoms with E-state index in [9.17, 15) is 0 Å². The SMILES string of the molecule is CCC(=N)C(CC)C(C)C. The van der Waals surface area contributed by atoms with Gasteiger partial charge in [-0.3, -0.25) is 0 Å². The lowest BCUT2D eigenvalue weighted by molar-refractivity contribution is 0.473. The molecule has 0 aliphatic rings. The Kier molecular flexibility index (Phi) is 4.33. The smallest absolute Gasteiger partial charge is 0.0120 e. The van der Waals surface area contributed by atoms with Crippen molar-refractivity contribution in [3.8, 4) is 0 Å².